The lowest BCUT2D eigenvalue weighted by Gasteiger charge is -2.21. The van der Waals surface area contributed by atoms with E-state index < -0.39 is 17.5 Å². The van der Waals surface area contributed by atoms with E-state index >= 15 is 0 Å². The minimum absolute atomic E-state index is 0.138. The number of hydrogen-bond donors (Lipinski definition) is 2. The van der Waals surface area contributed by atoms with Gasteiger partial charge in [0.25, 0.3) is 0 Å². The monoisotopic (exact) mass is 600 g/mol. The second-order valence-corrected chi connectivity index (χ2v) is 11.4. The quantitative estimate of drug-likeness (QED) is 0.0890. The zero-order valence-corrected chi connectivity index (χ0v) is 26.3. The lowest BCUT2D eigenvalue weighted by Crippen LogP contribution is -2.37. The number of ketones is 1. The molecule has 0 saturated heterocycles. The molecule has 0 radical (unpaired) electrons. The van der Waals surface area contributed by atoms with E-state index in [-0.39, 0.29) is 5.78 Å². The van der Waals surface area contributed by atoms with Gasteiger partial charge in [0.05, 0.1) is 0 Å². The van der Waals surface area contributed by atoms with E-state index in [0.29, 0.717) is 28.3 Å². The average Bonchev–Trinajstić information content (AvgIpc) is 2.95. The number of carboxylic acid groups (broad SMARTS) is 2. The molecular formula is C35H49ClO6. The van der Waals surface area contributed by atoms with Crippen LogP contribution in [0.5, 0.6) is 5.75 Å². The van der Waals surface area contributed by atoms with Gasteiger partial charge in [-0.25, -0.2) is 4.79 Å². The number of halogens is 1. The summed E-state index contributed by atoms with van der Waals surface area (Å²) in [4.78, 5) is 33.6. The third-order valence-electron chi connectivity index (χ3n) is 6.76. The standard InChI is InChI=1S/C18H34O2.C17H15ClO4/c1-2-3-4-5-6-7-8-9-10-11-12-13-14-15-16-17-18(19)20;1-17(2,16(20)21)22-14-9-5-12(6-10-14)15(19)11-3-7-13(18)8-4-11/h9-10H,2-8,11-17H2,1H3,(H,19,20);3-10H,1-2H3,(H,20,21). The van der Waals surface area contributed by atoms with Crippen molar-refractivity contribution in [3.63, 3.8) is 0 Å². The molecule has 6 nitrogen and oxygen atoms in total. The Kier molecular flexibility index (Phi) is 18.9. The summed E-state index contributed by atoms with van der Waals surface area (Å²) in [6.07, 6.45) is 21.2. The van der Waals surface area contributed by atoms with Crippen LogP contribution in [0.1, 0.15) is 127 Å². The molecule has 0 amide bonds. The molecule has 0 atom stereocenters. The molecule has 0 fully saturated rings. The molecule has 232 valence electrons. The molecule has 0 aliphatic rings. The van der Waals surface area contributed by atoms with Crippen LogP contribution in [0.15, 0.2) is 60.7 Å². The first kappa shape index (κ1) is 36.9. The van der Waals surface area contributed by atoms with E-state index in [0.717, 1.165) is 12.8 Å². The number of ether oxygens (including phenoxy) is 1. The second-order valence-electron chi connectivity index (χ2n) is 11.0. The van der Waals surface area contributed by atoms with E-state index in [4.69, 9.17) is 26.6 Å². The number of benzene rings is 2. The normalized spacial score (nSPS) is 11.1. The molecular weight excluding hydrogens is 552 g/mol. The highest BCUT2D eigenvalue weighted by Gasteiger charge is 2.29. The molecule has 7 heteroatoms. The van der Waals surface area contributed by atoms with Crippen LogP contribution in [0, 0.1) is 0 Å². The molecule has 0 heterocycles. The summed E-state index contributed by atoms with van der Waals surface area (Å²) in [6, 6.07) is 13.0. The molecule has 2 aromatic carbocycles. The zero-order chi connectivity index (χ0) is 31.2. The molecule has 2 rings (SSSR count). The Morgan fingerprint density at radius 1 is 0.714 bits per heavy atom. The fourth-order valence-corrected chi connectivity index (χ4v) is 4.25. The minimum atomic E-state index is -1.33. The van der Waals surface area contributed by atoms with Crippen LogP contribution in [0.25, 0.3) is 0 Å². The van der Waals surface area contributed by atoms with Gasteiger partial charge in [-0.15, -0.1) is 0 Å². The SMILES string of the molecule is CC(C)(Oc1ccc(C(=O)c2ccc(Cl)cc2)cc1)C(=O)O.CCCCCCCCC=CCCCCCCCC(=O)O. The Labute approximate surface area is 257 Å². The Balaban J connectivity index is 0.000000423. The Morgan fingerprint density at radius 2 is 1.17 bits per heavy atom. The number of carboxylic acids is 2. The number of aliphatic carboxylic acids is 2. The van der Waals surface area contributed by atoms with Crippen LogP contribution in [-0.2, 0) is 9.59 Å². The average molecular weight is 601 g/mol. The molecule has 0 saturated carbocycles. The van der Waals surface area contributed by atoms with Gasteiger partial charge in [-0.1, -0.05) is 82.0 Å². The highest BCUT2D eigenvalue weighted by Crippen LogP contribution is 2.21. The largest absolute Gasteiger partial charge is 0.481 e. The van der Waals surface area contributed by atoms with Gasteiger partial charge in [-0.2, -0.15) is 0 Å². The van der Waals surface area contributed by atoms with Crippen LogP contribution in [0.3, 0.4) is 0 Å². The van der Waals surface area contributed by atoms with Gasteiger partial charge >= 0.3 is 11.9 Å². The molecule has 0 aromatic heterocycles. The van der Waals surface area contributed by atoms with Gasteiger partial charge in [0.15, 0.2) is 11.4 Å². The van der Waals surface area contributed by atoms with E-state index in [1.165, 1.54) is 84.5 Å². The summed E-state index contributed by atoms with van der Waals surface area (Å²) in [5.41, 5.74) is -0.312. The smallest absolute Gasteiger partial charge is 0.347 e. The van der Waals surface area contributed by atoms with Crippen molar-refractivity contribution in [1.82, 2.24) is 0 Å². The first-order valence-corrected chi connectivity index (χ1v) is 15.6. The van der Waals surface area contributed by atoms with E-state index in [2.05, 4.69) is 19.1 Å². The van der Waals surface area contributed by atoms with Crippen molar-refractivity contribution >= 4 is 29.3 Å². The predicted octanol–water partition coefficient (Wildman–Crippen LogP) is 9.92. The lowest BCUT2D eigenvalue weighted by molar-refractivity contribution is -0.152. The number of allylic oxidation sites excluding steroid dienone is 2. The Bertz CT molecular complexity index is 1070. The predicted molar refractivity (Wildman–Crippen MR) is 171 cm³/mol. The summed E-state index contributed by atoms with van der Waals surface area (Å²) in [6.45, 7) is 5.18. The van der Waals surface area contributed by atoms with Crippen molar-refractivity contribution in [3.8, 4) is 5.75 Å². The summed E-state index contributed by atoms with van der Waals surface area (Å²) in [5, 5.41) is 18.1. The molecule has 0 aliphatic carbocycles. The summed E-state index contributed by atoms with van der Waals surface area (Å²) >= 11 is 5.79. The third kappa shape index (κ3) is 17.0. The fourth-order valence-electron chi connectivity index (χ4n) is 4.13. The number of unbranched alkanes of at least 4 members (excludes halogenated alkanes) is 11. The first-order chi connectivity index (χ1) is 20.1. The maximum atomic E-state index is 12.3. The maximum absolute atomic E-state index is 12.3. The van der Waals surface area contributed by atoms with E-state index in [9.17, 15) is 14.4 Å². The molecule has 42 heavy (non-hydrogen) atoms. The number of rotatable bonds is 20. The summed E-state index contributed by atoms with van der Waals surface area (Å²) in [7, 11) is 0. The molecule has 0 bridgehead atoms. The van der Waals surface area contributed by atoms with Crippen molar-refractivity contribution in [2.75, 3.05) is 0 Å². The maximum Gasteiger partial charge on any atom is 0.347 e. The molecule has 2 N–H and O–H groups in total. The molecule has 0 spiro atoms. The van der Waals surface area contributed by atoms with Crippen LogP contribution in [-0.4, -0.2) is 33.5 Å². The van der Waals surface area contributed by atoms with Crippen molar-refractivity contribution < 1.29 is 29.3 Å². The number of carbonyl (C=O) groups is 3. The molecule has 2 aromatic rings. The zero-order valence-electron chi connectivity index (χ0n) is 25.6. The van der Waals surface area contributed by atoms with Gasteiger partial charge < -0.3 is 14.9 Å². The van der Waals surface area contributed by atoms with Gasteiger partial charge in [-0.3, -0.25) is 9.59 Å². The van der Waals surface area contributed by atoms with Crippen molar-refractivity contribution in [1.29, 1.82) is 0 Å². The van der Waals surface area contributed by atoms with Crippen molar-refractivity contribution in [2.45, 2.75) is 116 Å². The van der Waals surface area contributed by atoms with Gasteiger partial charge in [0.2, 0.25) is 0 Å². The molecule has 0 aliphatic heterocycles. The first-order valence-electron chi connectivity index (χ1n) is 15.3. The van der Waals surface area contributed by atoms with Gasteiger partial charge in [-0.05, 0) is 94.5 Å². The summed E-state index contributed by atoms with van der Waals surface area (Å²) < 4.78 is 5.39. The summed E-state index contributed by atoms with van der Waals surface area (Å²) in [5.74, 6) is -1.47. The van der Waals surface area contributed by atoms with E-state index in [1.807, 2.05) is 0 Å². The highest BCUT2D eigenvalue weighted by atomic mass is 35.5. The van der Waals surface area contributed by atoms with Crippen LogP contribution in [0.4, 0.5) is 0 Å². The van der Waals surface area contributed by atoms with Gasteiger partial charge in [0, 0.05) is 22.6 Å². The number of carbonyl (C=O) groups excluding carboxylic acids is 1. The second kappa shape index (κ2) is 21.6. The fraction of sp³-hybridized carbons (Fsp3) is 0.514. The Hall–Kier alpha value is -3.12. The highest BCUT2D eigenvalue weighted by molar-refractivity contribution is 6.30. The van der Waals surface area contributed by atoms with Crippen LogP contribution in [0.2, 0.25) is 5.02 Å². The third-order valence-corrected chi connectivity index (χ3v) is 7.02. The Morgan fingerprint density at radius 3 is 1.64 bits per heavy atom. The lowest BCUT2D eigenvalue weighted by atomic mass is 10.0. The van der Waals surface area contributed by atoms with Crippen LogP contribution < -0.4 is 4.74 Å². The van der Waals surface area contributed by atoms with Crippen molar-refractivity contribution in [2.24, 2.45) is 0 Å². The number of hydrogen-bond acceptors (Lipinski definition) is 4. The minimum Gasteiger partial charge on any atom is -0.481 e. The topological polar surface area (TPSA) is 101 Å². The van der Waals surface area contributed by atoms with Crippen molar-refractivity contribution in [3.05, 3.63) is 76.8 Å². The van der Waals surface area contributed by atoms with E-state index in [1.54, 1.807) is 48.5 Å². The van der Waals surface area contributed by atoms with Gasteiger partial charge in [0.1, 0.15) is 5.75 Å². The molecule has 0 unspecified atom stereocenters. The van der Waals surface area contributed by atoms with Crippen LogP contribution >= 0.6 is 11.6 Å².